The predicted octanol–water partition coefficient (Wildman–Crippen LogP) is 0.975. The Morgan fingerprint density at radius 3 is 2.60 bits per heavy atom. The number of hydrogen-bond donors (Lipinski definition) is 2. The Labute approximate surface area is 120 Å². The van der Waals surface area contributed by atoms with Crippen molar-refractivity contribution in [3.05, 3.63) is 0 Å². The lowest BCUT2D eigenvalue weighted by molar-refractivity contribution is -0.146. The van der Waals surface area contributed by atoms with Crippen LogP contribution in [0.1, 0.15) is 33.1 Å². The molecule has 3 unspecified atom stereocenters. The normalized spacial score (nSPS) is 35.0. The minimum absolute atomic E-state index is 0.114. The fraction of sp³-hybridized carbons (Fsp3) is 0.857. The van der Waals surface area contributed by atoms with Crippen molar-refractivity contribution in [2.45, 2.75) is 45.2 Å². The standard InChI is InChI=1S/C14H25N3O3/c1-10-8-11(4-6-16(10)3)15-13(20)17-7-5-14(2,9-17)12(18)19/h10-11H,4-9H2,1-3H3,(H,15,20)(H,18,19). The van der Waals surface area contributed by atoms with E-state index in [-0.39, 0.29) is 12.1 Å². The van der Waals surface area contributed by atoms with Gasteiger partial charge >= 0.3 is 12.0 Å². The first-order valence-electron chi connectivity index (χ1n) is 7.31. The molecular formula is C14H25N3O3. The summed E-state index contributed by atoms with van der Waals surface area (Å²) < 4.78 is 0. The summed E-state index contributed by atoms with van der Waals surface area (Å²) in [6.07, 6.45) is 2.43. The summed E-state index contributed by atoms with van der Waals surface area (Å²) in [4.78, 5) is 27.3. The van der Waals surface area contributed by atoms with E-state index in [1.807, 2.05) is 0 Å². The molecule has 0 aromatic heterocycles. The van der Waals surface area contributed by atoms with Crippen LogP contribution in [0.4, 0.5) is 4.79 Å². The van der Waals surface area contributed by atoms with Crippen molar-refractivity contribution < 1.29 is 14.7 Å². The maximum atomic E-state index is 12.2. The number of urea groups is 1. The molecule has 114 valence electrons. The second-order valence-corrected chi connectivity index (χ2v) is 6.54. The van der Waals surface area contributed by atoms with Crippen LogP contribution in [0.15, 0.2) is 0 Å². The van der Waals surface area contributed by atoms with Crippen LogP contribution in [-0.4, -0.2) is 65.7 Å². The quantitative estimate of drug-likeness (QED) is 0.792. The minimum atomic E-state index is -0.819. The van der Waals surface area contributed by atoms with Gasteiger partial charge in [-0.2, -0.15) is 0 Å². The summed E-state index contributed by atoms with van der Waals surface area (Å²) in [7, 11) is 2.10. The van der Waals surface area contributed by atoms with Crippen molar-refractivity contribution >= 4 is 12.0 Å². The third-order valence-corrected chi connectivity index (χ3v) is 4.81. The van der Waals surface area contributed by atoms with Crippen LogP contribution < -0.4 is 5.32 Å². The summed E-state index contributed by atoms with van der Waals surface area (Å²) in [5.74, 6) is -0.819. The Hall–Kier alpha value is -1.30. The molecule has 6 heteroatoms. The molecule has 0 bridgehead atoms. The summed E-state index contributed by atoms with van der Waals surface area (Å²) in [6, 6.07) is 0.555. The van der Waals surface area contributed by atoms with Crippen LogP contribution in [0.2, 0.25) is 0 Å². The molecule has 0 aromatic rings. The molecule has 0 aliphatic carbocycles. The molecule has 2 saturated heterocycles. The van der Waals surface area contributed by atoms with Crippen molar-refractivity contribution in [2.75, 3.05) is 26.7 Å². The van der Waals surface area contributed by atoms with E-state index in [1.54, 1.807) is 11.8 Å². The van der Waals surface area contributed by atoms with E-state index in [0.29, 0.717) is 25.6 Å². The first-order chi connectivity index (χ1) is 9.32. The van der Waals surface area contributed by atoms with Gasteiger partial charge in [0, 0.05) is 31.7 Å². The Morgan fingerprint density at radius 2 is 2.05 bits per heavy atom. The lowest BCUT2D eigenvalue weighted by Gasteiger charge is -2.36. The molecule has 3 atom stereocenters. The number of piperidine rings is 1. The number of carbonyl (C=O) groups excluding carboxylic acids is 1. The lowest BCUT2D eigenvalue weighted by Crippen LogP contribution is -2.50. The molecule has 6 nitrogen and oxygen atoms in total. The highest BCUT2D eigenvalue weighted by atomic mass is 16.4. The van der Waals surface area contributed by atoms with E-state index in [2.05, 4.69) is 24.2 Å². The fourth-order valence-electron chi connectivity index (χ4n) is 3.00. The van der Waals surface area contributed by atoms with Gasteiger partial charge in [-0.05, 0) is 40.2 Å². The Morgan fingerprint density at radius 1 is 1.35 bits per heavy atom. The molecule has 20 heavy (non-hydrogen) atoms. The van der Waals surface area contributed by atoms with E-state index < -0.39 is 11.4 Å². The van der Waals surface area contributed by atoms with E-state index in [9.17, 15) is 14.7 Å². The van der Waals surface area contributed by atoms with Gasteiger partial charge in [0.2, 0.25) is 0 Å². The maximum absolute atomic E-state index is 12.2. The number of likely N-dealkylation sites (tertiary alicyclic amines) is 2. The van der Waals surface area contributed by atoms with Gasteiger partial charge in [0.25, 0.3) is 0 Å². The number of hydrogen-bond acceptors (Lipinski definition) is 3. The van der Waals surface area contributed by atoms with Gasteiger partial charge in [-0.15, -0.1) is 0 Å². The van der Waals surface area contributed by atoms with Gasteiger partial charge in [-0.25, -0.2) is 4.79 Å². The Kier molecular flexibility index (Phi) is 4.22. The van der Waals surface area contributed by atoms with Crippen molar-refractivity contribution in [3.8, 4) is 0 Å². The third kappa shape index (κ3) is 3.06. The van der Waals surface area contributed by atoms with Crippen molar-refractivity contribution in [1.29, 1.82) is 0 Å². The van der Waals surface area contributed by atoms with Crippen LogP contribution in [0, 0.1) is 5.41 Å². The Bertz CT molecular complexity index is 401. The average Bonchev–Trinajstić information content (AvgIpc) is 2.78. The van der Waals surface area contributed by atoms with Crippen LogP contribution in [-0.2, 0) is 4.79 Å². The van der Waals surface area contributed by atoms with E-state index >= 15 is 0 Å². The first kappa shape index (κ1) is 15.1. The number of carbonyl (C=O) groups is 2. The number of amides is 2. The molecule has 0 radical (unpaired) electrons. The minimum Gasteiger partial charge on any atom is -0.481 e. The zero-order valence-electron chi connectivity index (χ0n) is 12.6. The molecule has 2 rings (SSSR count). The second kappa shape index (κ2) is 5.60. The number of carboxylic acids is 1. The van der Waals surface area contributed by atoms with Crippen molar-refractivity contribution in [3.63, 3.8) is 0 Å². The Balaban J connectivity index is 1.86. The number of nitrogens with zero attached hydrogens (tertiary/aromatic N) is 2. The number of nitrogens with one attached hydrogen (secondary N) is 1. The smallest absolute Gasteiger partial charge is 0.317 e. The van der Waals surface area contributed by atoms with Crippen LogP contribution in [0.5, 0.6) is 0 Å². The van der Waals surface area contributed by atoms with Crippen LogP contribution >= 0.6 is 0 Å². The number of rotatable bonds is 2. The predicted molar refractivity (Wildman–Crippen MR) is 75.6 cm³/mol. The summed E-state index contributed by atoms with van der Waals surface area (Å²) in [5.41, 5.74) is -0.794. The zero-order chi connectivity index (χ0) is 14.9. The molecule has 0 saturated carbocycles. The lowest BCUT2D eigenvalue weighted by atomic mass is 9.90. The van der Waals surface area contributed by atoms with Crippen molar-refractivity contribution in [1.82, 2.24) is 15.1 Å². The SMILES string of the molecule is CC1CC(NC(=O)N2CCC(C)(C(=O)O)C2)CCN1C. The average molecular weight is 283 g/mol. The molecule has 2 amide bonds. The summed E-state index contributed by atoms with van der Waals surface area (Å²) in [5, 5.41) is 12.2. The molecule has 2 aliphatic heterocycles. The molecule has 0 aromatic carbocycles. The van der Waals surface area contributed by atoms with Gasteiger partial charge in [-0.3, -0.25) is 4.79 Å². The fourth-order valence-corrected chi connectivity index (χ4v) is 3.00. The highest BCUT2D eigenvalue weighted by Gasteiger charge is 2.42. The van der Waals surface area contributed by atoms with E-state index in [0.717, 1.165) is 19.4 Å². The van der Waals surface area contributed by atoms with Crippen LogP contribution in [0.3, 0.4) is 0 Å². The van der Waals surface area contributed by atoms with Gasteiger partial charge in [-0.1, -0.05) is 0 Å². The molecule has 2 aliphatic rings. The van der Waals surface area contributed by atoms with Crippen LogP contribution in [0.25, 0.3) is 0 Å². The molecule has 2 heterocycles. The number of aliphatic carboxylic acids is 1. The van der Waals surface area contributed by atoms with Gasteiger partial charge in [0.05, 0.1) is 5.41 Å². The largest absolute Gasteiger partial charge is 0.481 e. The highest BCUT2D eigenvalue weighted by Crippen LogP contribution is 2.30. The maximum Gasteiger partial charge on any atom is 0.317 e. The summed E-state index contributed by atoms with van der Waals surface area (Å²) in [6.45, 7) is 5.68. The molecular weight excluding hydrogens is 258 g/mol. The summed E-state index contributed by atoms with van der Waals surface area (Å²) >= 11 is 0. The van der Waals surface area contributed by atoms with E-state index in [1.165, 1.54) is 0 Å². The number of carboxylic acid groups (broad SMARTS) is 1. The highest BCUT2D eigenvalue weighted by molar-refractivity contribution is 5.79. The molecule has 0 spiro atoms. The second-order valence-electron chi connectivity index (χ2n) is 6.54. The zero-order valence-corrected chi connectivity index (χ0v) is 12.6. The monoisotopic (exact) mass is 283 g/mol. The van der Waals surface area contributed by atoms with Gasteiger partial charge in [0.15, 0.2) is 0 Å². The topological polar surface area (TPSA) is 72.9 Å². The van der Waals surface area contributed by atoms with Gasteiger partial charge in [0.1, 0.15) is 0 Å². The van der Waals surface area contributed by atoms with Gasteiger partial charge < -0.3 is 20.2 Å². The van der Waals surface area contributed by atoms with Crippen molar-refractivity contribution in [2.24, 2.45) is 5.41 Å². The first-order valence-corrected chi connectivity index (χ1v) is 7.31. The molecule has 2 N–H and O–H groups in total. The van der Waals surface area contributed by atoms with E-state index in [4.69, 9.17) is 0 Å². The molecule has 2 fully saturated rings. The third-order valence-electron chi connectivity index (χ3n) is 4.81.